The summed E-state index contributed by atoms with van der Waals surface area (Å²) in [6.07, 6.45) is 7.07. The third-order valence-electron chi connectivity index (χ3n) is 4.24. The molecule has 0 aliphatic carbocycles. The first-order valence-electron chi connectivity index (χ1n) is 8.55. The Hall–Kier alpha value is -2.91. The number of nitrogens with two attached hydrogens (primary N) is 1. The van der Waals surface area contributed by atoms with Gasteiger partial charge in [0.1, 0.15) is 5.01 Å². The maximum Gasteiger partial charge on any atom is 0.249 e. The van der Waals surface area contributed by atoms with Crippen LogP contribution in [0.25, 0.3) is 10.6 Å². The highest BCUT2D eigenvalue weighted by molar-refractivity contribution is 8.03. The van der Waals surface area contributed by atoms with Gasteiger partial charge in [-0.3, -0.25) is 9.69 Å². The van der Waals surface area contributed by atoms with Crippen LogP contribution in [0.4, 0.5) is 11.6 Å². The number of benzene rings is 1. The molecular weight excluding hydrogens is 392 g/mol. The zero-order chi connectivity index (χ0) is 19.7. The van der Waals surface area contributed by atoms with Crippen LogP contribution in [0.2, 0.25) is 0 Å². The second kappa shape index (κ2) is 7.61. The van der Waals surface area contributed by atoms with Crippen molar-refractivity contribution < 1.29 is 4.79 Å². The van der Waals surface area contributed by atoms with E-state index in [0.29, 0.717) is 17.1 Å². The summed E-state index contributed by atoms with van der Waals surface area (Å²) in [6.45, 7) is 3.98. The smallest absolute Gasteiger partial charge is 0.249 e. The molecule has 3 N–H and O–H groups in total. The molecule has 28 heavy (non-hydrogen) atoms. The quantitative estimate of drug-likeness (QED) is 0.664. The van der Waals surface area contributed by atoms with Gasteiger partial charge in [-0.2, -0.15) is 0 Å². The first-order chi connectivity index (χ1) is 13.6. The van der Waals surface area contributed by atoms with Crippen LogP contribution in [-0.4, -0.2) is 26.4 Å². The van der Waals surface area contributed by atoms with Crippen molar-refractivity contribution in [3.8, 4) is 10.6 Å². The molecule has 9 heteroatoms. The Morgan fingerprint density at radius 3 is 2.61 bits per heavy atom. The predicted octanol–water partition coefficient (Wildman–Crippen LogP) is 3.55. The van der Waals surface area contributed by atoms with Gasteiger partial charge >= 0.3 is 0 Å². The monoisotopic (exact) mass is 410 g/mol. The summed E-state index contributed by atoms with van der Waals surface area (Å²) in [5, 5.41) is 6.02. The number of nitrogens with zero attached hydrogens (tertiary/aromatic N) is 4. The van der Waals surface area contributed by atoms with Gasteiger partial charge in [-0.15, -0.1) is 11.3 Å². The fourth-order valence-electron chi connectivity index (χ4n) is 3.05. The molecule has 2 aromatic heterocycles. The molecule has 0 bridgehead atoms. The maximum absolute atomic E-state index is 12.3. The highest BCUT2D eigenvalue weighted by Gasteiger charge is 2.31. The molecule has 1 atom stereocenters. The van der Waals surface area contributed by atoms with E-state index < -0.39 is 5.91 Å². The second-order valence-electron chi connectivity index (χ2n) is 6.17. The SMILES string of the molecule is Cc1cnc(-c2c(C(N)=O)ccc(C)c2N(c2ncccn2)C2NC=CS2)s1. The molecule has 0 spiro atoms. The molecule has 1 aliphatic heterocycles. The van der Waals surface area contributed by atoms with Crippen molar-refractivity contribution in [1.82, 2.24) is 20.3 Å². The first kappa shape index (κ1) is 18.5. The number of rotatable bonds is 5. The standard InChI is InChI=1S/C19H18N6OS2/c1-11-4-5-13(16(20)26)14(17-24-10-12(2)28-17)15(11)25(19-23-8-9-27-19)18-21-6-3-7-22-18/h3-10,19,23H,1-2H3,(H2,20,26). The van der Waals surface area contributed by atoms with Crippen molar-refractivity contribution in [1.29, 1.82) is 0 Å². The topological polar surface area (TPSA) is 97.0 Å². The van der Waals surface area contributed by atoms with Gasteiger partial charge in [-0.1, -0.05) is 17.8 Å². The van der Waals surface area contributed by atoms with Crippen LogP contribution in [0.15, 0.2) is 48.4 Å². The van der Waals surface area contributed by atoms with Gasteiger partial charge in [0.25, 0.3) is 0 Å². The van der Waals surface area contributed by atoms with E-state index in [1.807, 2.05) is 36.4 Å². The van der Waals surface area contributed by atoms with Gasteiger partial charge < -0.3 is 11.1 Å². The molecule has 0 radical (unpaired) electrons. The highest BCUT2D eigenvalue weighted by Crippen LogP contribution is 2.43. The number of aryl methyl sites for hydroxylation is 2. The van der Waals surface area contributed by atoms with Crippen LogP contribution >= 0.6 is 23.1 Å². The lowest BCUT2D eigenvalue weighted by Gasteiger charge is -2.31. The number of thiazole rings is 1. The molecule has 3 aromatic rings. The molecule has 7 nitrogen and oxygen atoms in total. The fraction of sp³-hybridized carbons (Fsp3) is 0.158. The number of thioether (sulfide) groups is 1. The van der Waals surface area contributed by atoms with Gasteiger partial charge in [0.15, 0.2) is 5.50 Å². The van der Waals surface area contributed by atoms with Crippen LogP contribution in [0.3, 0.4) is 0 Å². The predicted molar refractivity (Wildman–Crippen MR) is 113 cm³/mol. The number of nitrogens with one attached hydrogen (secondary N) is 1. The summed E-state index contributed by atoms with van der Waals surface area (Å²) in [6, 6.07) is 5.42. The number of aromatic nitrogens is 3. The van der Waals surface area contributed by atoms with Crippen LogP contribution < -0.4 is 16.0 Å². The molecular formula is C19H18N6OS2. The minimum Gasteiger partial charge on any atom is -0.366 e. The third kappa shape index (κ3) is 3.34. The number of carbonyl (C=O) groups is 1. The van der Waals surface area contributed by atoms with Gasteiger partial charge in [0, 0.05) is 35.2 Å². The van der Waals surface area contributed by atoms with Crippen molar-refractivity contribution >= 4 is 40.6 Å². The number of hydrogen-bond acceptors (Lipinski definition) is 8. The third-order valence-corrected chi connectivity index (χ3v) is 6.07. The van der Waals surface area contributed by atoms with Gasteiger partial charge in [0.05, 0.1) is 11.3 Å². The van der Waals surface area contributed by atoms with Crippen LogP contribution in [0, 0.1) is 13.8 Å². The largest absolute Gasteiger partial charge is 0.366 e. The van der Waals surface area contributed by atoms with Crippen LogP contribution in [0.5, 0.6) is 0 Å². The number of primary amides is 1. The van der Waals surface area contributed by atoms with E-state index in [2.05, 4.69) is 20.3 Å². The zero-order valence-corrected chi connectivity index (χ0v) is 16.9. The normalized spacial score (nSPS) is 15.4. The Labute approximate surface area is 170 Å². The lowest BCUT2D eigenvalue weighted by atomic mass is 10.00. The zero-order valence-electron chi connectivity index (χ0n) is 15.3. The van der Waals surface area contributed by atoms with Crippen LogP contribution in [-0.2, 0) is 0 Å². The summed E-state index contributed by atoms with van der Waals surface area (Å²) in [4.78, 5) is 28.7. The van der Waals surface area contributed by atoms with Gasteiger partial charge in [0.2, 0.25) is 11.9 Å². The second-order valence-corrected chi connectivity index (χ2v) is 8.40. The number of hydrogen-bond donors (Lipinski definition) is 2. The fourth-order valence-corrected chi connectivity index (χ4v) is 4.65. The molecule has 0 saturated carbocycles. The summed E-state index contributed by atoms with van der Waals surface area (Å²) >= 11 is 3.11. The van der Waals surface area contributed by atoms with Crippen molar-refractivity contribution in [2.45, 2.75) is 19.3 Å². The Kier molecular flexibility index (Phi) is 5.01. The number of carbonyl (C=O) groups excluding carboxylic acids is 1. The molecule has 3 heterocycles. The molecule has 0 fully saturated rings. The van der Waals surface area contributed by atoms with Crippen molar-refractivity contribution in [3.05, 3.63) is 64.4 Å². The van der Waals surface area contributed by atoms with Gasteiger partial charge in [-0.05, 0) is 37.0 Å². The molecule has 1 unspecified atom stereocenters. The summed E-state index contributed by atoms with van der Waals surface area (Å²) in [7, 11) is 0. The highest BCUT2D eigenvalue weighted by atomic mass is 32.2. The van der Waals surface area contributed by atoms with E-state index in [-0.39, 0.29) is 5.50 Å². The Morgan fingerprint density at radius 2 is 2.00 bits per heavy atom. The van der Waals surface area contributed by atoms with E-state index in [4.69, 9.17) is 5.73 Å². The molecule has 1 aliphatic rings. The van der Waals surface area contributed by atoms with E-state index in [1.165, 1.54) is 11.3 Å². The maximum atomic E-state index is 12.3. The van der Waals surface area contributed by atoms with Crippen molar-refractivity contribution in [3.63, 3.8) is 0 Å². The summed E-state index contributed by atoms with van der Waals surface area (Å²) in [5.74, 6) is 0.0265. The molecule has 142 valence electrons. The average Bonchev–Trinajstić information content (AvgIpc) is 3.36. The number of amides is 1. The van der Waals surface area contributed by atoms with E-state index in [9.17, 15) is 4.79 Å². The summed E-state index contributed by atoms with van der Waals surface area (Å²) < 4.78 is 0. The van der Waals surface area contributed by atoms with Crippen molar-refractivity contribution in [2.75, 3.05) is 4.90 Å². The Morgan fingerprint density at radius 1 is 1.21 bits per heavy atom. The first-order valence-corrected chi connectivity index (χ1v) is 10.3. The van der Waals surface area contributed by atoms with E-state index in [0.717, 1.165) is 21.1 Å². The van der Waals surface area contributed by atoms with Crippen LogP contribution in [0.1, 0.15) is 20.8 Å². The molecule has 0 saturated heterocycles. The lowest BCUT2D eigenvalue weighted by molar-refractivity contribution is 0.100. The number of anilines is 2. The lowest BCUT2D eigenvalue weighted by Crippen LogP contribution is -2.37. The molecule has 1 amide bonds. The Bertz CT molecular complexity index is 1040. The minimum atomic E-state index is -0.497. The minimum absolute atomic E-state index is 0.163. The van der Waals surface area contributed by atoms with Crippen molar-refractivity contribution in [2.24, 2.45) is 5.73 Å². The summed E-state index contributed by atoms with van der Waals surface area (Å²) in [5.41, 5.74) is 8.46. The van der Waals surface area contributed by atoms with E-state index in [1.54, 1.807) is 42.5 Å². The Balaban J connectivity index is 2.00. The molecule has 1 aromatic carbocycles. The van der Waals surface area contributed by atoms with E-state index >= 15 is 0 Å². The average molecular weight is 411 g/mol. The van der Waals surface area contributed by atoms with Gasteiger partial charge in [-0.25, -0.2) is 15.0 Å². The molecule has 4 rings (SSSR count).